The topological polar surface area (TPSA) is 58.4 Å². The van der Waals surface area contributed by atoms with Crippen LogP contribution in [0.4, 0.5) is 0 Å². The molecule has 1 fully saturated rings. The second-order valence-electron chi connectivity index (χ2n) is 5.34. The van der Waals surface area contributed by atoms with Crippen LogP contribution in [0.25, 0.3) is 0 Å². The lowest BCUT2D eigenvalue weighted by Crippen LogP contribution is -2.29. The summed E-state index contributed by atoms with van der Waals surface area (Å²) >= 11 is 1.52. The first-order valence-corrected chi connectivity index (χ1v) is 7.78. The van der Waals surface area contributed by atoms with Gasteiger partial charge >= 0.3 is 0 Å². The van der Waals surface area contributed by atoms with Gasteiger partial charge in [0.05, 0.1) is 4.88 Å². The van der Waals surface area contributed by atoms with Gasteiger partial charge in [0.1, 0.15) is 0 Å². The molecule has 5 heteroatoms. The monoisotopic (exact) mass is 281 g/mol. The van der Waals surface area contributed by atoms with E-state index in [4.69, 9.17) is 5.84 Å². The number of rotatable bonds is 5. The molecule has 1 aromatic rings. The number of nitrogens with zero attached hydrogens (tertiary/aromatic N) is 1. The Morgan fingerprint density at radius 2 is 2.42 bits per heavy atom. The Hall–Kier alpha value is -0.910. The normalized spacial score (nSPS) is 19.8. The summed E-state index contributed by atoms with van der Waals surface area (Å²) in [5.74, 6) is 5.84. The highest BCUT2D eigenvalue weighted by Gasteiger charge is 2.23. The number of aryl methyl sites for hydroxylation is 1. The smallest absolute Gasteiger partial charge is 0.275 e. The Morgan fingerprint density at radius 1 is 1.63 bits per heavy atom. The number of thiophene rings is 1. The summed E-state index contributed by atoms with van der Waals surface area (Å²) in [7, 11) is 0. The summed E-state index contributed by atoms with van der Waals surface area (Å²) in [6, 6.07) is 1.98. The molecule has 3 N–H and O–H groups in total. The number of amides is 1. The number of likely N-dealkylation sites (tertiary alicyclic amines) is 1. The highest BCUT2D eigenvalue weighted by Crippen LogP contribution is 2.27. The Bertz CT molecular complexity index is 444. The van der Waals surface area contributed by atoms with Gasteiger partial charge in [-0.1, -0.05) is 13.3 Å². The van der Waals surface area contributed by atoms with Crippen LogP contribution in [0.3, 0.4) is 0 Å². The molecule has 0 radical (unpaired) electrons. The lowest BCUT2D eigenvalue weighted by Gasteiger charge is -2.15. The minimum absolute atomic E-state index is 0.190. The number of hydrogen-bond donors (Lipinski definition) is 2. The molecule has 1 aliphatic rings. The number of nitrogens with one attached hydrogen (secondary N) is 1. The molecule has 1 aliphatic heterocycles. The molecule has 106 valence electrons. The van der Waals surface area contributed by atoms with E-state index in [-0.39, 0.29) is 5.91 Å². The van der Waals surface area contributed by atoms with E-state index in [1.54, 1.807) is 0 Å². The maximum absolute atomic E-state index is 11.5. The van der Waals surface area contributed by atoms with Crippen molar-refractivity contribution < 1.29 is 4.79 Å². The molecule has 0 bridgehead atoms. The summed E-state index contributed by atoms with van der Waals surface area (Å²) in [5, 5.41) is 0. The first-order valence-electron chi connectivity index (χ1n) is 6.96. The summed E-state index contributed by atoms with van der Waals surface area (Å²) in [6.45, 7) is 7.66. The van der Waals surface area contributed by atoms with Gasteiger partial charge < -0.3 is 0 Å². The van der Waals surface area contributed by atoms with Gasteiger partial charge in [-0.05, 0) is 43.9 Å². The van der Waals surface area contributed by atoms with Crippen molar-refractivity contribution in [1.82, 2.24) is 10.3 Å². The molecule has 1 amide bonds. The quantitative estimate of drug-likeness (QED) is 0.494. The van der Waals surface area contributed by atoms with E-state index in [0.29, 0.717) is 4.88 Å². The van der Waals surface area contributed by atoms with Crippen LogP contribution in [-0.2, 0) is 6.54 Å². The first kappa shape index (κ1) is 14.5. The molecule has 19 heavy (non-hydrogen) atoms. The third-order valence-corrected chi connectivity index (χ3v) is 4.93. The molecule has 1 saturated heterocycles. The van der Waals surface area contributed by atoms with Gasteiger partial charge in [-0.3, -0.25) is 15.1 Å². The number of hydrazine groups is 1. The average molecular weight is 281 g/mol. The number of nitrogen functional groups attached to an aromatic ring is 1. The maximum Gasteiger partial charge on any atom is 0.275 e. The van der Waals surface area contributed by atoms with Crippen LogP contribution in [0, 0.1) is 12.8 Å². The second-order valence-corrected chi connectivity index (χ2v) is 6.60. The van der Waals surface area contributed by atoms with Gasteiger partial charge in [0.15, 0.2) is 0 Å². The van der Waals surface area contributed by atoms with Crippen LogP contribution in [0.1, 0.15) is 46.3 Å². The predicted molar refractivity (Wildman–Crippen MR) is 79.0 cm³/mol. The molecule has 1 aromatic heterocycles. The number of hydrogen-bond acceptors (Lipinski definition) is 4. The third kappa shape index (κ3) is 3.55. The minimum Gasteiger partial charge on any atom is -0.299 e. The minimum atomic E-state index is -0.190. The van der Waals surface area contributed by atoms with E-state index in [2.05, 4.69) is 24.2 Å². The van der Waals surface area contributed by atoms with Crippen molar-refractivity contribution in [2.45, 2.75) is 39.7 Å². The van der Waals surface area contributed by atoms with E-state index in [1.807, 2.05) is 6.07 Å². The predicted octanol–water partition coefficient (Wildman–Crippen LogP) is 2.28. The van der Waals surface area contributed by atoms with Gasteiger partial charge in [-0.25, -0.2) is 5.84 Å². The summed E-state index contributed by atoms with van der Waals surface area (Å²) in [6.07, 6.45) is 3.92. The highest BCUT2D eigenvalue weighted by atomic mass is 32.1. The van der Waals surface area contributed by atoms with E-state index in [0.717, 1.165) is 12.5 Å². The molecule has 0 aromatic carbocycles. The van der Waals surface area contributed by atoms with Gasteiger partial charge in [-0.2, -0.15) is 0 Å². The largest absolute Gasteiger partial charge is 0.299 e. The van der Waals surface area contributed by atoms with Crippen molar-refractivity contribution in [2.24, 2.45) is 11.8 Å². The number of carbonyl (C=O) groups excluding carboxylic acids is 1. The van der Waals surface area contributed by atoms with E-state index in [9.17, 15) is 4.79 Å². The lowest BCUT2D eigenvalue weighted by molar-refractivity contribution is 0.0957. The fourth-order valence-corrected chi connectivity index (χ4v) is 3.74. The Balaban J connectivity index is 1.96. The molecule has 2 heterocycles. The van der Waals surface area contributed by atoms with Crippen LogP contribution >= 0.6 is 11.3 Å². The number of nitrogens with two attached hydrogens (primary N) is 1. The van der Waals surface area contributed by atoms with Crippen molar-refractivity contribution in [3.05, 3.63) is 21.4 Å². The zero-order chi connectivity index (χ0) is 13.8. The molecular formula is C14H23N3OS. The highest BCUT2D eigenvalue weighted by molar-refractivity contribution is 7.14. The zero-order valence-corrected chi connectivity index (χ0v) is 12.6. The van der Waals surface area contributed by atoms with Crippen LogP contribution in [0.15, 0.2) is 6.07 Å². The standard InChI is InChI=1S/C14H23N3OS/c1-3-4-11-5-6-17(8-11)9-12-7-13(14(18)16-15)19-10(12)2/h7,11H,3-6,8-9,15H2,1-2H3,(H,16,18). The van der Waals surface area contributed by atoms with Crippen LogP contribution < -0.4 is 11.3 Å². The number of carbonyl (C=O) groups is 1. The molecule has 1 atom stereocenters. The molecule has 0 aliphatic carbocycles. The van der Waals surface area contributed by atoms with Crippen LogP contribution in [0.2, 0.25) is 0 Å². The van der Waals surface area contributed by atoms with Crippen molar-refractivity contribution >= 4 is 17.2 Å². The summed E-state index contributed by atoms with van der Waals surface area (Å²) in [5.41, 5.74) is 3.46. The van der Waals surface area contributed by atoms with Crippen LogP contribution in [-0.4, -0.2) is 23.9 Å². The maximum atomic E-state index is 11.5. The van der Waals surface area contributed by atoms with Crippen LogP contribution in [0.5, 0.6) is 0 Å². The van der Waals surface area contributed by atoms with E-state index in [1.165, 1.54) is 54.1 Å². The SMILES string of the molecule is CCCC1CCN(Cc2cc(C(=O)NN)sc2C)C1. The Kier molecular flexibility index (Phi) is 4.96. The second kappa shape index (κ2) is 6.50. The van der Waals surface area contributed by atoms with Gasteiger partial charge in [0, 0.05) is 18.0 Å². The molecular weight excluding hydrogens is 258 g/mol. The van der Waals surface area contributed by atoms with Crippen molar-refractivity contribution in [3.8, 4) is 0 Å². The molecule has 0 spiro atoms. The summed E-state index contributed by atoms with van der Waals surface area (Å²) in [4.78, 5) is 15.9. The molecule has 2 rings (SSSR count). The first-order chi connectivity index (χ1) is 9.13. The molecule has 0 saturated carbocycles. The molecule has 1 unspecified atom stereocenters. The van der Waals surface area contributed by atoms with Crippen molar-refractivity contribution in [3.63, 3.8) is 0 Å². The fraction of sp³-hybridized carbons (Fsp3) is 0.643. The van der Waals surface area contributed by atoms with Gasteiger partial charge in [0.2, 0.25) is 0 Å². The van der Waals surface area contributed by atoms with E-state index < -0.39 is 0 Å². The summed E-state index contributed by atoms with van der Waals surface area (Å²) < 4.78 is 0. The average Bonchev–Trinajstić information content (AvgIpc) is 2.97. The van der Waals surface area contributed by atoms with Crippen molar-refractivity contribution in [2.75, 3.05) is 13.1 Å². The van der Waals surface area contributed by atoms with Gasteiger partial charge in [0.25, 0.3) is 5.91 Å². The van der Waals surface area contributed by atoms with E-state index >= 15 is 0 Å². The Labute approximate surface area is 118 Å². The van der Waals surface area contributed by atoms with Crippen molar-refractivity contribution in [1.29, 1.82) is 0 Å². The third-order valence-electron chi connectivity index (χ3n) is 3.84. The van der Waals surface area contributed by atoms with Gasteiger partial charge in [-0.15, -0.1) is 11.3 Å². The lowest BCUT2D eigenvalue weighted by atomic mass is 10.0. The molecule has 4 nitrogen and oxygen atoms in total. The zero-order valence-electron chi connectivity index (χ0n) is 11.7. The fourth-order valence-electron chi connectivity index (χ4n) is 2.80. The Morgan fingerprint density at radius 3 is 3.11 bits per heavy atom.